The molecule has 0 aromatic heterocycles. The van der Waals surface area contributed by atoms with Crippen LogP contribution in [0.25, 0.3) is 0 Å². The maximum absolute atomic E-state index is 11.3. The van der Waals surface area contributed by atoms with E-state index in [-0.39, 0.29) is 41.5 Å². The van der Waals surface area contributed by atoms with Gasteiger partial charge in [-0.25, -0.2) is 0 Å². The van der Waals surface area contributed by atoms with Crippen molar-refractivity contribution in [3.63, 3.8) is 0 Å². The Morgan fingerprint density at radius 3 is 2.45 bits per heavy atom. The number of aliphatic hydroxyl groups is 4. The van der Waals surface area contributed by atoms with E-state index < -0.39 is 30.4 Å². The highest BCUT2D eigenvalue weighted by molar-refractivity contribution is 5.17. The lowest BCUT2D eigenvalue weighted by Crippen LogP contribution is -2.57. The molecule has 6 aliphatic rings. The quantitative estimate of drug-likeness (QED) is 0.302. The molecule has 0 radical (unpaired) electrons. The fraction of sp³-hybridized carbons (Fsp3) is 0.909. The Morgan fingerprint density at radius 1 is 0.975 bits per heavy atom. The molecule has 6 rings (SSSR count). The molecule has 4 saturated carbocycles. The highest BCUT2D eigenvalue weighted by atomic mass is 16.7. The average molecular weight is 561 g/mol. The van der Waals surface area contributed by atoms with Crippen LogP contribution in [-0.2, 0) is 14.2 Å². The Labute approximate surface area is 240 Å². The standard InChI is InChI=1S/C33H52O7/c1-6-7-12-33(37)19(3)27-25(40-33)16-24-22-9-8-20-15-21(10-13-31(20,4)23(22)11-14-32(24,27)5)38-30-29(36)28(35)18(2)26(17-34)39-30/h6,12,18-30,34-37H,8-11,13-17H2,1-5H3. The lowest BCUT2D eigenvalue weighted by atomic mass is 9.44. The number of hydrogen-bond donors (Lipinski definition) is 4. The molecule has 7 heteroatoms. The van der Waals surface area contributed by atoms with Crippen molar-refractivity contribution in [3.8, 4) is 0 Å². The molecule has 4 N–H and O–H groups in total. The second kappa shape index (κ2) is 10.4. The van der Waals surface area contributed by atoms with Gasteiger partial charge in [0.25, 0.3) is 0 Å². The summed E-state index contributed by atoms with van der Waals surface area (Å²) in [4.78, 5) is 0. The molecule has 0 spiro atoms. The predicted octanol–water partition coefficient (Wildman–Crippen LogP) is 4.17. The van der Waals surface area contributed by atoms with Gasteiger partial charge in [0, 0.05) is 17.9 Å². The van der Waals surface area contributed by atoms with Crippen LogP contribution in [0.2, 0.25) is 0 Å². The molecule has 6 fully saturated rings. The monoisotopic (exact) mass is 560 g/mol. The molecule has 4 aliphatic carbocycles. The van der Waals surface area contributed by atoms with Crippen molar-refractivity contribution >= 4 is 0 Å². The van der Waals surface area contributed by atoms with Crippen molar-refractivity contribution in [2.24, 2.45) is 52.3 Å². The van der Waals surface area contributed by atoms with Crippen LogP contribution in [0.4, 0.5) is 0 Å². The Morgan fingerprint density at radius 2 is 1.73 bits per heavy atom. The summed E-state index contributed by atoms with van der Waals surface area (Å²) in [5.41, 5.74) is 3.54. The zero-order valence-electron chi connectivity index (χ0n) is 25.0. The first-order chi connectivity index (χ1) is 19.0. The maximum Gasteiger partial charge on any atom is 0.196 e. The number of hydrogen-bond acceptors (Lipinski definition) is 7. The largest absolute Gasteiger partial charge is 0.394 e. The molecule has 16 atom stereocenters. The van der Waals surface area contributed by atoms with Gasteiger partial charge in [0.15, 0.2) is 12.1 Å². The van der Waals surface area contributed by atoms with Crippen molar-refractivity contribution < 1.29 is 34.6 Å². The lowest BCUT2D eigenvalue weighted by Gasteiger charge is -2.61. The molecule has 226 valence electrons. The van der Waals surface area contributed by atoms with Gasteiger partial charge >= 0.3 is 0 Å². The van der Waals surface area contributed by atoms with E-state index in [2.05, 4.69) is 26.5 Å². The van der Waals surface area contributed by atoms with Gasteiger partial charge in [-0.1, -0.05) is 27.7 Å². The van der Waals surface area contributed by atoms with E-state index in [0.29, 0.717) is 29.6 Å². The lowest BCUT2D eigenvalue weighted by molar-refractivity contribution is -0.305. The van der Waals surface area contributed by atoms with Crippen LogP contribution in [0.1, 0.15) is 86.0 Å². The zero-order valence-corrected chi connectivity index (χ0v) is 25.0. The van der Waals surface area contributed by atoms with E-state index in [4.69, 9.17) is 14.2 Å². The molecule has 2 aliphatic heterocycles. The molecule has 2 saturated heterocycles. The van der Waals surface area contributed by atoms with Crippen molar-refractivity contribution in [1.82, 2.24) is 0 Å². The van der Waals surface area contributed by atoms with Crippen molar-refractivity contribution in [2.45, 2.75) is 129 Å². The van der Waals surface area contributed by atoms with Gasteiger partial charge in [-0.15, -0.1) is 5.73 Å². The normalized spacial score (nSPS) is 57.3. The zero-order chi connectivity index (χ0) is 28.6. The molecule has 0 amide bonds. The van der Waals surface area contributed by atoms with E-state index in [9.17, 15) is 20.4 Å². The number of rotatable bonds is 4. The van der Waals surface area contributed by atoms with E-state index in [1.165, 1.54) is 25.7 Å². The molecule has 0 aromatic rings. The molecular formula is C33H52O7. The Hall–Kier alpha value is -0.760. The molecular weight excluding hydrogens is 508 g/mol. The molecule has 0 bridgehead atoms. The van der Waals surface area contributed by atoms with E-state index in [0.717, 1.165) is 25.7 Å². The van der Waals surface area contributed by atoms with Crippen molar-refractivity contribution in [2.75, 3.05) is 6.61 Å². The van der Waals surface area contributed by atoms with Crippen LogP contribution in [0.3, 0.4) is 0 Å². The third-order valence-electron chi connectivity index (χ3n) is 13.3. The summed E-state index contributed by atoms with van der Waals surface area (Å²) in [7, 11) is 0. The third kappa shape index (κ3) is 4.33. The van der Waals surface area contributed by atoms with E-state index >= 15 is 0 Å². The number of fused-ring (bicyclic) bond motifs is 7. The molecule has 7 nitrogen and oxygen atoms in total. The SMILES string of the molecule is CC=C=CC1(O)OC2CC3C4CCC5CC(OC6OC(CO)C(C)C(O)C6O)CCC5(C)C4CCC3(C)C2C1C. The fourth-order valence-corrected chi connectivity index (χ4v) is 10.9. The Kier molecular flexibility index (Phi) is 7.66. The van der Waals surface area contributed by atoms with Crippen LogP contribution in [0, 0.1) is 52.3 Å². The fourth-order valence-electron chi connectivity index (χ4n) is 10.9. The predicted molar refractivity (Wildman–Crippen MR) is 150 cm³/mol. The van der Waals surface area contributed by atoms with E-state index in [1.54, 1.807) is 13.0 Å². The summed E-state index contributed by atoms with van der Waals surface area (Å²) >= 11 is 0. The van der Waals surface area contributed by atoms with Crippen LogP contribution in [0.5, 0.6) is 0 Å². The Bertz CT molecular complexity index is 1010. The minimum Gasteiger partial charge on any atom is -0.394 e. The molecule has 2 heterocycles. The summed E-state index contributed by atoms with van der Waals surface area (Å²) in [6.45, 7) is 10.7. The molecule has 40 heavy (non-hydrogen) atoms. The van der Waals surface area contributed by atoms with Crippen LogP contribution in [0.15, 0.2) is 17.9 Å². The van der Waals surface area contributed by atoms with Gasteiger partial charge in [0.2, 0.25) is 0 Å². The van der Waals surface area contributed by atoms with Gasteiger partial charge in [-0.05, 0) is 105 Å². The first-order valence-electron chi connectivity index (χ1n) is 16.0. The van der Waals surface area contributed by atoms with Gasteiger partial charge < -0.3 is 34.6 Å². The highest BCUT2D eigenvalue weighted by Crippen LogP contribution is 2.70. The average Bonchev–Trinajstić information content (AvgIpc) is 3.37. The Balaban J connectivity index is 1.14. The molecule has 16 unspecified atom stereocenters. The van der Waals surface area contributed by atoms with Crippen molar-refractivity contribution in [3.05, 3.63) is 17.9 Å². The maximum atomic E-state index is 11.3. The van der Waals surface area contributed by atoms with Crippen LogP contribution in [-0.4, -0.2) is 69.6 Å². The van der Waals surface area contributed by atoms with Crippen molar-refractivity contribution in [1.29, 1.82) is 0 Å². The van der Waals surface area contributed by atoms with Gasteiger partial charge in [0.1, 0.15) is 6.10 Å². The number of ether oxygens (including phenoxy) is 3. The second-order valence-corrected chi connectivity index (χ2v) is 14.9. The van der Waals surface area contributed by atoms with Gasteiger partial charge in [-0.2, -0.15) is 0 Å². The number of aliphatic hydroxyl groups excluding tert-OH is 3. The second-order valence-electron chi connectivity index (χ2n) is 14.9. The van der Waals surface area contributed by atoms with Crippen LogP contribution >= 0.6 is 0 Å². The summed E-state index contributed by atoms with van der Waals surface area (Å²) in [5.74, 6) is 1.47. The minimum atomic E-state index is -1.21. The summed E-state index contributed by atoms with van der Waals surface area (Å²) in [6, 6.07) is 0. The van der Waals surface area contributed by atoms with Gasteiger partial charge in [0.05, 0.1) is 31.0 Å². The summed E-state index contributed by atoms with van der Waals surface area (Å²) in [5, 5.41) is 42.2. The van der Waals surface area contributed by atoms with Crippen LogP contribution < -0.4 is 0 Å². The first kappa shape index (κ1) is 29.3. The first-order valence-corrected chi connectivity index (χ1v) is 16.0. The topological polar surface area (TPSA) is 109 Å². The highest BCUT2D eigenvalue weighted by Gasteiger charge is 2.68. The molecule has 0 aromatic carbocycles. The minimum absolute atomic E-state index is 0.00827. The summed E-state index contributed by atoms with van der Waals surface area (Å²) < 4.78 is 18.6. The summed E-state index contributed by atoms with van der Waals surface area (Å²) in [6.07, 6.45) is 9.07. The van der Waals surface area contributed by atoms with E-state index in [1.807, 2.05) is 13.0 Å². The smallest absolute Gasteiger partial charge is 0.196 e. The van der Waals surface area contributed by atoms with Gasteiger partial charge in [-0.3, -0.25) is 0 Å². The third-order valence-corrected chi connectivity index (χ3v) is 13.3.